The first-order chi connectivity index (χ1) is 14.3. The van der Waals surface area contributed by atoms with E-state index in [9.17, 15) is 22.1 Å². The lowest BCUT2D eigenvalue weighted by Gasteiger charge is -2.02. The van der Waals surface area contributed by atoms with Gasteiger partial charge in [0.15, 0.2) is 11.5 Å². The fourth-order valence-electron chi connectivity index (χ4n) is 3.32. The molecule has 12 heteroatoms. The molecule has 7 nitrogen and oxygen atoms in total. The van der Waals surface area contributed by atoms with E-state index in [-0.39, 0.29) is 5.91 Å². The van der Waals surface area contributed by atoms with Crippen molar-refractivity contribution in [3.63, 3.8) is 0 Å². The number of hydrogen-bond acceptors (Lipinski definition) is 6. The van der Waals surface area contributed by atoms with Crippen molar-refractivity contribution < 1.29 is 22.1 Å². The molecule has 0 spiro atoms. The van der Waals surface area contributed by atoms with Crippen molar-refractivity contribution in [1.82, 2.24) is 29.5 Å². The van der Waals surface area contributed by atoms with Crippen molar-refractivity contribution in [1.29, 1.82) is 0 Å². The number of imidazole rings is 1. The predicted molar refractivity (Wildman–Crippen MR) is 101 cm³/mol. The Morgan fingerprint density at radius 2 is 1.30 bits per heavy atom. The van der Waals surface area contributed by atoms with Gasteiger partial charge in [0.2, 0.25) is 0 Å². The molecule has 4 heterocycles. The van der Waals surface area contributed by atoms with Gasteiger partial charge in [0.05, 0.1) is 33.1 Å². The standard InChI is InChI=1S/C18H8N6O.BF4/c25-18-16-15(19-5-6-20-16)17-23-13-7-11-12(8-14(13)24(17)18)22-10-4-2-1-3-9(10)21-11;2-1(3,4)5/h1-8H;/q;-1. The molecule has 0 fully saturated rings. The Morgan fingerprint density at radius 3 is 1.93 bits per heavy atom. The molecule has 0 atom stereocenters. The molecular weight excluding hydrogens is 403 g/mol. The summed E-state index contributed by atoms with van der Waals surface area (Å²) in [6, 6.07) is 11.4. The van der Waals surface area contributed by atoms with Crippen molar-refractivity contribution in [3.8, 4) is 11.5 Å². The summed E-state index contributed by atoms with van der Waals surface area (Å²) in [4.78, 5) is 35.0. The second-order valence-electron chi connectivity index (χ2n) is 6.37. The summed E-state index contributed by atoms with van der Waals surface area (Å²) >= 11 is 0. The smallest absolute Gasteiger partial charge is 0.418 e. The van der Waals surface area contributed by atoms with Crippen LogP contribution in [0.25, 0.3) is 44.6 Å². The molecule has 2 aromatic carbocycles. The van der Waals surface area contributed by atoms with Gasteiger partial charge in [-0.25, -0.2) is 24.9 Å². The third-order valence-electron chi connectivity index (χ3n) is 4.43. The van der Waals surface area contributed by atoms with Crippen molar-refractivity contribution in [2.45, 2.75) is 0 Å². The van der Waals surface area contributed by atoms with Gasteiger partial charge >= 0.3 is 7.25 Å². The number of para-hydroxylation sites is 2. The number of rotatable bonds is 0. The molecule has 0 bridgehead atoms. The molecule has 1 aliphatic rings. The van der Waals surface area contributed by atoms with Crippen molar-refractivity contribution in [2.24, 2.45) is 0 Å². The molecule has 148 valence electrons. The van der Waals surface area contributed by atoms with Crippen molar-refractivity contribution in [2.75, 3.05) is 0 Å². The Bertz CT molecular complexity index is 1480. The normalized spacial score (nSPS) is 12.7. The van der Waals surface area contributed by atoms with E-state index < -0.39 is 7.25 Å². The van der Waals surface area contributed by atoms with Crippen LogP contribution in [0.3, 0.4) is 0 Å². The lowest BCUT2D eigenvalue weighted by atomic mass is 10.2. The number of hydrogen-bond donors (Lipinski definition) is 0. The minimum absolute atomic E-state index is 0.214. The van der Waals surface area contributed by atoms with Crippen LogP contribution in [0.4, 0.5) is 17.3 Å². The molecule has 0 saturated carbocycles. The Labute approximate surface area is 164 Å². The van der Waals surface area contributed by atoms with E-state index >= 15 is 0 Å². The van der Waals surface area contributed by atoms with Gasteiger partial charge in [0.25, 0.3) is 5.91 Å². The minimum Gasteiger partial charge on any atom is -0.418 e. The van der Waals surface area contributed by atoms with E-state index in [4.69, 9.17) is 0 Å². The second-order valence-corrected chi connectivity index (χ2v) is 6.37. The van der Waals surface area contributed by atoms with Crippen LogP contribution in [0.5, 0.6) is 0 Å². The van der Waals surface area contributed by atoms with E-state index in [1.165, 1.54) is 6.20 Å². The molecular formula is C18H8BF4N6O-. The number of fused-ring (bicyclic) bond motifs is 7. The summed E-state index contributed by atoms with van der Waals surface area (Å²) in [5.41, 5.74) is 5.33. The average Bonchev–Trinajstić information content (AvgIpc) is 3.19. The van der Waals surface area contributed by atoms with Crippen molar-refractivity contribution in [3.05, 3.63) is 54.5 Å². The highest BCUT2D eigenvalue weighted by Crippen LogP contribution is 2.33. The molecule has 1 aliphatic heterocycles. The minimum atomic E-state index is -6.00. The lowest BCUT2D eigenvalue weighted by molar-refractivity contribution is 0.0969. The van der Waals surface area contributed by atoms with E-state index in [1.807, 2.05) is 36.4 Å². The zero-order chi connectivity index (χ0) is 21.0. The summed E-state index contributed by atoms with van der Waals surface area (Å²) < 4.78 is 40.6. The molecule has 0 aliphatic carbocycles. The van der Waals surface area contributed by atoms with Crippen LogP contribution in [0.1, 0.15) is 10.5 Å². The maximum absolute atomic E-state index is 12.7. The van der Waals surface area contributed by atoms with Gasteiger partial charge in [0.1, 0.15) is 5.69 Å². The number of carbonyl (C=O) groups is 1. The monoisotopic (exact) mass is 411 g/mol. The maximum atomic E-state index is 12.7. The first kappa shape index (κ1) is 18.1. The molecule has 3 aromatic heterocycles. The van der Waals surface area contributed by atoms with Crippen LogP contribution in [-0.2, 0) is 0 Å². The summed E-state index contributed by atoms with van der Waals surface area (Å²) in [5, 5.41) is 0. The number of benzene rings is 2. The predicted octanol–water partition coefficient (Wildman–Crippen LogP) is 3.89. The Morgan fingerprint density at radius 1 is 0.733 bits per heavy atom. The fraction of sp³-hybridized carbons (Fsp3) is 0. The van der Waals surface area contributed by atoms with Gasteiger partial charge in [-0.2, -0.15) is 0 Å². The highest BCUT2D eigenvalue weighted by molar-refractivity contribution is 6.50. The molecule has 0 unspecified atom stereocenters. The molecule has 0 saturated heterocycles. The molecule has 5 aromatic rings. The quantitative estimate of drug-likeness (QED) is 0.214. The van der Waals surface area contributed by atoms with Gasteiger partial charge in [0, 0.05) is 12.4 Å². The average molecular weight is 411 g/mol. The Kier molecular flexibility index (Phi) is 3.78. The summed E-state index contributed by atoms with van der Waals surface area (Å²) in [6.45, 7) is 0. The van der Waals surface area contributed by atoms with Gasteiger partial charge in [-0.15, -0.1) is 0 Å². The van der Waals surface area contributed by atoms with Crippen LogP contribution in [0.15, 0.2) is 48.8 Å². The van der Waals surface area contributed by atoms with E-state index in [2.05, 4.69) is 24.9 Å². The van der Waals surface area contributed by atoms with E-state index in [1.54, 1.807) is 10.8 Å². The third-order valence-corrected chi connectivity index (χ3v) is 4.43. The summed E-state index contributed by atoms with van der Waals surface area (Å²) in [6.07, 6.45) is 3.08. The van der Waals surface area contributed by atoms with Crippen LogP contribution < -0.4 is 0 Å². The van der Waals surface area contributed by atoms with Crippen LogP contribution in [0.2, 0.25) is 0 Å². The Balaban J connectivity index is 0.000000349. The Hall–Kier alpha value is -3.96. The number of aromatic nitrogens is 6. The highest BCUT2D eigenvalue weighted by atomic mass is 19.5. The third kappa shape index (κ3) is 2.93. The number of carbonyl (C=O) groups excluding carboxylic acids is 1. The van der Waals surface area contributed by atoms with Crippen LogP contribution in [-0.4, -0.2) is 42.6 Å². The van der Waals surface area contributed by atoms with Gasteiger partial charge in [-0.1, -0.05) is 12.1 Å². The van der Waals surface area contributed by atoms with Gasteiger partial charge in [-0.3, -0.25) is 9.36 Å². The first-order valence-corrected chi connectivity index (χ1v) is 8.62. The zero-order valence-corrected chi connectivity index (χ0v) is 14.8. The first-order valence-electron chi connectivity index (χ1n) is 8.62. The van der Waals surface area contributed by atoms with Crippen molar-refractivity contribution >= 4 is 46.3 Å². The van der Waals surface area contributed by atoms with Crippen LogP contribution in [0, 0.1) is 0 Å². The molecule has 6 rings (SSSR count). The molecule has 0 N–H and O–H groups in total. The number of nitrogens with zero attached hydrogens (tertiary/aromatic N) is 6. The lowest BCUT2D eigenvalue weighted by Crippen LogP contribution is -2.07. The molecule has 0 radical (unpaired) electrons. The SMILES string of the molecule is F[B-](F)(F)F.O=C1c2nccnc2-c2nc3cc4nc5ccccc5nc4cc3n21. The summed E-state index contributed by atoms with van der Waals surface area (Å²) in [7, 11) is -6.00. The van der Waals surface area contributed by atoms with E-state index in [0.29, 0.717) is 28.2 Å². The van der Waals surface area contributed by atoms with Gasteiger partial charge in [-0.05, 0) is 24.3 Å². The molecule has 0 amide bonds. The maximum Gasteiger partial charge on any atom is 0.673 e. The largest absolute Gasteiger partial charge is 0.673 e. The van der Waals surface area contributed by atoms with E-state index in [0.717, 1.165) is 22.1 Å². The van der Waals surface area contributed by atoms with Gasteiger partial charge < -0.3 is 17.3 Å². The number of halogens is 4. The topological polar surface area (TPSA) is 86.4 Å². The highest BCUT2D eigenvalue weighted by Gasteiger charge is 2.32. The van der Waals surface area contributed by atoms with Crippen LogP contribution >= 0.6 is 0 Å². The second kappa shape index (κ2) is 6.27. The zero-order valence-electron chi connectivity index (χ0n) is 14.8. The summed E-state index contributed by atoms with van der Waals surface area (Å²) in [5.74, 6) is 0.302. The fourth-order valence-corrected chi connectivity index (χ4v) is 3.32. The molecule has 30 heavy (non-hydrogen) atoms.